The van der Waals surface area contributed by atoms with Crippen LogP contribution >= 0.6 is 24.0 Å². The van der Waals surface area contributed by atoms with Gasteiger partial charge in [0.15, 0.2) is 5.96 Å². The van der Waals surface area contributed by atoms with Gasteiger partial charge in [-0.3, -0.25) is 9.67 Å². The molecule has 110 valence electrons. The second kappa shape index (κ2) is 12.3. The minimum absolute atomic E-state index is 0. The molecule has 1 heterocycles. The van der Waals surface area contributed by atoms with E-state index >= 15 is 0 Å². The number of nitrogens with two attached hydrogens (primary N) is 1. The highest BCUT2D eigenvalue weighted by molar-refractivity contribution is 14.0. The first-order valence-corrected chi connectivity index (χ1v) is 6.84. The number of aryl methyl sites for hydroxylation is 1. The van der Waals surface area contributed by atoms with Crippen molar-refractivity contribution in [1.82, 2.24) is 15.1 Å². The summed E-state index contributed by atoms with van der Waals surface area (Å²) in [6, 6.07) is 1.93. The molecule has 0 atom stereocenters. The summed E-state index contributed by atoms with van der Waals surface area (Å²) in [6.07, 6.45) is 9.68. The van der Waals surface area contributed by atoms with Gasteiger partial charge in [0.1, 0.15) is 0 Å². The summed E-state index contributed by atoms with van der Waals surface area (Å²) in [7, 11) is 0. The smallest absolute Gasteiger partial charge is 0.188 e. The first kappa shape index (κ1) is 18.2. The zero-order chi connectivity index (χ0) is 13.1. The van der Waals surface area contributed by atoms with Crippen LogP contribution in [-0.4, -0.2) is 28.8 Å². The molecule has 3 N–H and O–H groups in total. The van der Waals surface area contributed by atoms with Gasteiger partial charge in [0.2, 0.25) is 0 Å². The maximum atomic E-state index is 5.76. The zero-order valence-electron chi connectivity index (χ0n) is 11.7. The van der Waals surface area contributed by atoms with Gasteiger partial charge in [-0.05, 0) is 18.9 Å². The molecule has 0 radical (unpaired) electrons. The Morgan fingerprint density at radius 2 is 2.16 bits per heavy atom. The van der Waals surface area contributed by atoms with Crippen molar-refractivity contribution >= 4 is 29.9 Å². The van der Waals surface area contributed by atoms with Crippen molar-refractivity contribution in [3.8, 4) is 0 Å². The first-order valence-electron chi connectivity index (χ1n) is 6.84. The van der Waals surface area contributed by atoms with E-state index < -0.39 is 0 Å². The summed E-state index contributed by atoms with van der Waals surface area (Å²) >= 11 is 0. The number of rotatable bonds is 9. The predicted molar refractivity (Wildman–Crippen MR) is 90.9 cm³/mol. The molecular formula is C13H26IN5. The SMILES string of the molecule is CCCCCCNC(N)=NCCCn1cccn1.I. The summed E-state index contributed by atoms with van der Waals surface area (Å²) in [6.45, 7) is 4.77. The molecule has 0 saturated heterocycles. The van der Waals surface area contributed by atoms with Crippen LogP contribution in [0, 0.1) is 0 Å². The highest BCUT2D eigenvalue weighted by Crippen LogP contribution is 1.96. The predicted octanol–water partition coefficient (Wildman–Crippen LogP) is 2.38. The van der Waals surface area contributed by atoms with Crippen LogP contribution in [0.1, 0.15) is 39.0 Å². The average Bonchev–Trinajstić information content (AvgIpc) is 2.87. The number of nitrogens with one attached hydrogen (secondary N) is 1. The van der Waals surface area contributed by atoms with Crippen LogP contribution in [-0.2, 0) is 6.54 Å². The van der Waals surface area contributed by atoms with Crippen molar-refractivity contribution in [3.63, 3.8) is 0 Å². The van der Waals surface area contributed by atoms with Crippen molar-refractivity contribution in [3.05, 3.63) is 18.5 Å². The molecule has 0 spiro atoms. The van der Waals surface area contributed by atoms with Gasteiger partial charge in [0.05, 0.1) is 0 Å². The van der Waals surface area contributed by atoms with E-state index in [1.807, 2.05) is 16.9 Å². The number of aliphatic imine (C=N–C) groups is 1. The van der Waals surface area contributed by atoms with Gasteiger partial charge < -0.3 is 11.1 Å². The summed E-state index contributed by atoms with van der Waals surface area (Å²) < 4.78 is 1.91. The van der Waals surface area contributed by atoms with Crippen molar-refractivity contribution in [2.75, 3.05) is 13.1 Å². The van der Waals surface area contributed by atoms with Crippen molar-refractivity contribution < 1.29 is 0 Å². The lowest BCUT2D eigenvalue weighted by Gasteiger charge is -2.05. The fourth-order valence-corrected chi connectivity index (χ4v) is 1.69. The first-order chi connectivity index (χ1) is 8.83. The molecular weight excluding hydrogens is 353 g/mol. The second-order valence-corrected chi connectivity index (χ2v) is 4.38. The molecule has 1 rings (SSSR count). The summed E-state index contributed by atoms with van der Waals surface area (Å²) in [4.78, 5) is 4.28. The Bertz CT molecular complexity index is 324. The van der Waals surface area contributed by atoms with Crippen molar-refractivity contribution in [2.24, 2.45) is 10.7 Å². The molecule has 0 saturated carbocycles. The van der Waals surface area contributed by atoms with Crippen molar-refractivity contribution in [2.45, 2.75) is 45.6 Å². The number of aromatic nitrogens is 2. The van der Waals surface area contributed by atoms with Crippen LogP contribution in [0.15, 0.2) is 23.5 Å². The number of hydrogen-bond acceptors (Lipinski definition) is 2. The molecule has 5 nitrogen and oxygen atoms in total. The monoisotopic (exact) mass is 379 g/mol. The summed E-state index contributed by atoms with van der Waals surface area (Å²) in [5.74, 6) is 0.562. The van der Waals surface area contributed by atoms with E-state index in [1.165, 1.54) is 19.3 Å². The largest absolute Gasteiger partial charge is 0.370 e. The molecule has 1 aromatic heterocycles. The lowest BCUT2D eigenvalue weighted by Crippen LogP contribution is -2.32. The van der Waals surface area contributed by atoms with E-state index in [0.717, 1.165) is 32.5 Å². The third kappa shape index (κ3) is 9.75. The standard InChI is InChI=1S/C13H25N5.HI/c1-2-3-4-5-8-15-13(14)16-9-6-11-18-12-7-10-17-18;/h7,10,12H,2-6,8-9,11H2,1H3,(H3,14,15,16);1H. The molecule has 0 unspecified atom stereocenters. The Morgan fingerprint density at radius 1 is 1.32 bits per heavy atom. The second-order valence-electron chi connectivity index (χ2n) is 4.38. The molecule has 0 aliphatic carbocycles. The minimum atomic E-state index is 0. The molecule has 0 fully saturated rings. The molecule has 0 aliphatic heterocycles. The molecule has 0 aliphatic rings. The molecule has 0 aromatic carbocycles. The van der Waals surface area contributed by atoms with E-state index in [1.54, 1.807) is 6.20 Å². The number of hydrogen-bond donors (Lipinski definition) is 2. The van der Waals surface area contributed by atoms with Gasteiger partial charge in [-0.25, -0.2) is 0 Å². The Morgan fingerprint density at radius 3 is 2.84 bits per heavy atom. The van der Waals surface area contributed by atoms with Gasteiger partial charge in [0, 0.05) is 32.0 Å². The van der Waals surface area contributed by atoms with Crippen LogP contribution in [0.5, 0.6) is 0 Å². The fraction of sp³-hybridized carbons (Fsp3) is 0.692. The summed E-state index contributed by atoms with van der Waals surface area (Å²) in [5, 5.41) is 7.27. The molecule has 1 aromatic rings. The quantitative estimate of drug-likeness (QED) is 0.300. The van der Waals surface area contributed by atoms with Gasteiger partial charge >= 0.3 is 0 Å². The highest BCUT2D eigenvalue weighted by atomic mass is 127. The van der Waals surface area contributed by atoms with E-state index in [0.29, 0.717) is 5.96 Å². The van der Waals surface area contributed by atoms with Crippen LogP contribution in [0.25, 0.3) is 0 Å². The Balaban J connectivity index is 0.00000324. The van der Waals surface area contributed by atoms with Crippen LogP contribution in [0.4, 0.5) is 0 Å². The van der Waals surface area contributed by atoms with Crippen molar-refractivity contribution in [1.29, 1.82) is 0 Å². The van der Waals surface area contributed by atoms with Gasteiger partial charge in [-0.15, -0.1) is 24.0 Å². The van der Waals surface area contributed by atoms with Gasteiger partial charge in [-0.1, -0.05) is 26.2 Å². The van der Waals surface area contributed by atoms with E-state index in [2.05, 4.69) is 22.3 Å². The molecule has 0 bridgehead atoms. The van der Waals surface area contributed by atoms with E-state index in [4.69, 9.17) is 5.73 Å². The van der Waals surface area contributed by atoms with Crippen LogP contribution < -0.4 is 11.1 Å². The Hall–Kier alpha value is -0.790. The third-order valence-electron chi connectivity index (χ3n) is 2.72. The van der Waals surface area contributed by atoms with E-state index in [-0.39, 0.29) is 24.0 Å². The average molecular weight is 379 g/mol. The lowest BCUT2D eigenvalue weighted by atomic mass is 10.2. The highest BCUT2D eigenvalue weighted by Gasteiger charge is 1.93. The number of halogens is 1. The topological polar surface area (TPSA) is 68.2 Å². The molecule has 6 heteroatoms. The maximum Gasteiger partial charge on any atom is 0.188 e. The van der Waals surface area contributed by atoms with Gasteiger partial charge in [-0.2, -0.15) is 5.10 Å². The van der Waals surface area contributed by atoms with Crippen LogP contribution in [0.3, 0.4) is 0 Å². The zero-order valence-corrected chi connectivity index (χ0v) is 14.0. The Kier molecular flexibility index (Phi) is 11.7. The molecule has 19 heavy (non-hydrogen) atoms. The van der Waals surface area contributed by atoms with E-state index in [9.17, 15) is 0 Å². The number of unbranched alkanes of at least 4 members (excludes halogenated alkanes) is 3. The lowest BCUT2D eigenvalue weighted by molar-refractivity contribution is 0.584. The third-order valence-corrected chi connectivity index (χ3v) is 2.72. The minimum Gasteiger partial charge on any atom is -0.370 e. The van der Waals surface area contributed by atoms with Crippen LogP contribution in [0.2, 0.25) is 0 Å². The Labute approximate surface area is 133 Å². The number of guanidine groups is 1. The maximum absolute atomic E-state index is 5.76. The normalized spacial score (nSPS) is 11.1. The van der Waals surface area contributed by atoms with Gasteiger partial charge in [0.25, 0.3) is 0 Å². The fourth-order valence-electron chi connectivity index (χ4n) is 1.69. The number of nitrogens with zero attached hydrogens (tertiary/aromatic N) is 3. The summed E-state index contributed by atoms with van der Waals surface area (Å²) in [5.41, 5.74) is 5.76. The molecule has 0 amide bonds.